The zero-order valence-electron chi connectivity index (χ0n) is 17.1. The van der Waals surface area contributed by atoms with Crippen LogP contribution in [-0.4, -0.2) is 43.2 Å². The summed E-state index contributed by atoms with van der Waals surface area (Å²) in [7, 11) is 3.20. The van der Waals surface area contributed by atoms with Crippen LogP contribution in [0.1, 0.15) is 28.9 Å². The molecule has 7 nitrogen and oxygen atoms in total. The second kappa shape index (κ2) is 9.13. The number of hydrogen-bond acceptors (Lipinski definition) is 7. The topological polar surface area (TPSA) is 76.6 Å². The van der Waals surface area contributed by atoms with E-state index in [0.717, 1.165) is 35.0 Å². The summed E-state index contributed by atoms with van der Waals surface area (Å²) in [6, 6.07) is 9.53. The van der Waals surface area contributed by atoms with Crippen LogP contribution in [0.15, 0.2) is 41.9 Å². The number of carbonyl (C=O) groups excluding carboxylic acids is 1. The summed E-state index contributed by atoms with van der Waals surface area (Å²) < 4.78 is 10.6. The van der Waals surface area contributed by atoms with Crippen LogP contribution < -0.4 is 19.7 Å². The summed E-state index contributed by atoms with van der Waals surface area (Å²) in [5, 5.41) is 5.44. The Labute approximate surface area is 179 Å². The van der Waals surface area contributed by atoms with Crippen molar-refractivity contribution < 1.29 is 14.3 Å². The average molecular weight is 425 g/mol. The van der Waals surface area contributed by atoms with E-state index in [-0.39, 0.29) is 5.91 Å². The zero-order valence-corrected chi connectivity index (χ0v) is 17.9. The number of anilines is 1. The standard InChI is InChI=1S/C22H24N4O3S/c1-28-17-6-7-19(29-2)16(11-17)13-24-21(27)18-14-30-22(25-18)15-5-8-20(23-12-15)26-9-3-4-10-26/h5-8,11-12,14H,3-4,9-10,13H2,1-2H3,(H,24,27). The summed E-state index contributed by atoms with van der Waals surface area (Å²) in [5.74, 6) is 2.17. The number of nitrogens with one attached hydrogen (secondary N) is 1. The highest BCUT2D eigenvalue weighted by Gasteiger charge is 2.16. The zero-order chi connectivity index (χ0) is 20.9. The first kappa shape index (κ1) is 20.2. The minimum atomic E-state index is -0.232. The predicted octanol–water partition coefficient (Wildman–Crippen LogP) is 3.75. The fourth-order valence-electron chi connectivity index (χ4n) is 3.44. The lowest BCUT2D eigenvalue weighted by Crippen LogP contribution is -2.23. The van der Waals surface area contributed by atoms with Gasteiger partial charge in [0.05, 0.1) is 14.2 Å². The Bertz CT molecular complexity index is 1010. The molecule has 0 saturated carbocycles. The number of ether oxygens (including phenoxy) is 2. The maximum Gasteiger partial charge on any atom is 0.271 e. The summed E-state index contributed by atoms with van der Waals surface area (Å²) in [5.41, 5.74) is 2.14. The van der Waals surface area contributed by atoms with Crippen LogP contribution >= 0.6 is 11.3 Å². The molecule has 1 saturated heterocycles. The van der Waals surface area contributed by atoms with Crippen LogP contribution in [-0.2, 0) is 6.54 Å². The third kappa shape index (κ3) is 4.38. The van der Waals surface area contributed by atoms with Crippen LogP contribution in [0, 0.1) is 0 Å². The van der Waals surface area contributed by atoms with Crippen molar-refractivity contribution in [2.75, 3.05) is 32.2 Å². The lowest BCUT2D eigenvalue weighted by atomic mass is 10.2. The molecule has 3 heterocycles. The minimum absolute atomic E-state index is 0.232. The van der Waals surface area contributed by atoms with Gasteiger partial charge in [-0.25, -0.2) is 9.97 Å². The van der Waals surface area contributed by atoms with Gasteiger partial charge in [0.15, 0.2) is 0 Å². The first-order chi connectivity index (χ1) is 14.7. The highest BCUT2D eigenvalue weighted by atomic mass is 32.1. The molecular formula is C22H24N4O3S. The number of carbonyl (C=O) groups is 1. The molecule has 0 spiro atoms. The number of amides is 1. The summed E-state index contributed by atoms with van der Waals surface area (Å²) in [6.07, 6.45) is 4.27. The average Bonchev–Trinajstić information content (AvgIpc) is 3.50. The summed E-state index contributed by atoms with van der Waals surface area (Å²) in [4.78, 5) is 23.9. The van der Waals surface area contributed by atoms with Crippen molar-refractivity contribution in [1.29, 1.82) is 0 Å². The van der Waals surface area contributed by atoms with E-state index in [1.165, 1.54) is 24.2 Å². The number of methoxy groups -OCH3 is 2. The van der Waals surface area contributed by atoms with Gasteiger partial charge < -0.3 is 19.7 Å². The molecular weight excluding hydrogens is 400 g/mol. The van der Waals surface area contributed by atoms with Crippen molar-refractivity contribution in [1.82, 2.24) is 15.3 Å². The molecule has 8 heteroatoms. The van der Waals surface area contributed by atoms with E-state index < -0.39 is 0 Å². The lowest BCUT2D eigenvalue weighted by Gasteiger charge is -2.15. The van der Waals surface area contributed by atoms with Gasteiger partial charge in [0.2, 0.25) is 0 Å². The number of thiazole rings is 1. The number of benzene rings is 1. The molecule has 1 aliphatic heterocycles. The number of hydrogen-bond donors (Lipinski definition) is 1. The fraction of sp³-hybridized carbons (Fsp3) is 0.318. The second-order valence-electron chi connectivity index (χ2n) is 7.00. The molecule has 156 valence electrons. The third-order valence-electron chi connectivity index (χ3n) is 5.09. The van der Waals surface area contributed by atoms with Gasteiger partial charge in [0, 0.05) is 42.3 Å². The number of aromatic nitrogens is 2. The van der Waals surface area contributed by atoms with Crippen molar-refractivity contribution >= 4 is 23.1 Å². The van der Waals surface area contributed by atoms with Gasteiger partial charge in [-0.05, 0) is 43.2 Å². The van der Waals surface area contributed by atoms with Gasteiger partial charge in [0.25, 0.3) is 5.91 Å². The maximum atomic E-state index is 12.6. The SMILES string of the molecule is COc1ccc(OC)c(CNC(=O)c2csc(-c3ccc(N4CCCC4)nc3)n2)c1. The minimum Gasteiger partial charge on any atom is -0.497 e. The van der Waals surface area contributed by atoms with E-state index in [9.17, 15) is 4.79 Å². The van der Waals surface area contributed by atoms with E-state index >= 15 is 0 Å². The fourth-order valence-corrected chi connectivity index (χ4v) is 4.23. The van der Waals surface area contributed by atoms with Crippen LogP contribution in [0.3, 0.4) is 0 Å². The number of pyridine rings is 1. The molecule has 0 atom stereocenters. The lowest BCUT2D eigenvalue weighted by molar-refractivity contribution is 0.0946. The Kier molecular flexibility index (Phi) is 6.13. The van der Waals surface area contributed by atoms with Crippen molar-refractivity contribution in [2.45, 2.75) is 19.4 Å². The van der Waals surface area contributed by atoms with Gasteiger partial charge in [0.1, 0.15) is 28.0 Å². The van der Waals surface area contributed by atoms with E-state index in [2.05, 4.69) is 20.2 Å². The van der Waals surface area contributed by atoms with Crippen molar-refractivity contribution in [3.8, 4) is 22.1 Å². The summed E-state index contributed by atoms with van der Waals surface area (Å²) >= 11 is 1.43. The highest BCUT2D eigenvalue weighted by Crippen LogP contribution is 2.26. The van der Waals surface area contributed by atoms with E-state index in [4.69, 9.17) is 9.47 Å². The molecule has 0 unspecified atom stereocenters. The van der Waals surface area contributed by atoms with Crippen LogP contribution in [0.5, 0.6) is 11.5 Å². The highest BCUT2D eigenvalue weighted by molar-refractivity contribution is 7.13. The molecule has 1 aromatic carbocycles. The van der Waals surface area contributed by atoms with Crippen LogP contribution in [0.25, 0.3) is 10.6 Å². The molecule has 1 N–H and O–H groups in total. The van der Waals surface area contributed by atoms with Gasteiger partial charge in [-0.15, -0.1) is 11.3 Å². The van der Waals surface area contributed by atoms with Gasteiger partial charge in [-0.2, -0.15) is 0 Å². The molecule has 4 rings (SSSR count). The molecule has 3 aromatic rings. The molecule has 1 fully saturated rings. The number of rotatable bonds is 7. The normalized spacial score (nSPS) is 13.3. The van der Waals surface area contributed by atoms with Gasteiger partial charge in [-0.3, -0.25) is 4.79 Å². The Morgan fingerprint density at radius 3 is 2.70 bits per heavy atom. The Balaban J connectivity index is 1.42. The predicted molar refractivity (Wildman–Crippen MR) is 118 cm³/mol. The van der Waals surface area contributed by atoms with Gasteiger partial charge in [-0.1, -0.05) is 0 Å². The molecule has 0 radical (unpaired) electrons. The Hall–Kier alpha value is -3.13. The molecule has 2 aromatic heterocycles. The number of nitrogens with zero attached hydrogens (tertiary/aromatic N) is 3. The largest absolute Gasteiger partial charge is 0.497 e. The Morgan fingerprint density at radius 1 is 1.17 bits per heavy atom. The van der Waals surface area contributed by atoms with E-state index in [1.54, 1.807) is 19.6 Å². The quantitative estimate of drug-likeness (QED) is 0.623. The van der Waals surface area contributed by atoms with Gasteiger partial charge >= 0.3 is 0 Å². The second-order valence-corrected chi connectivity index (χ2v) is 7.86. The summed E-state index contributed by atoms with van der Waals surface area (Å²) in [6.45, 7) is 2.44. The van der Waals surface area contributed by atoms with E-state index in [1.807, 2.05) is 36.5 Å². The molecule has 1 amide bonds. The molecule has 0 bridgehead atoms. The van der Waals surface area contributed by atoms with Crippen molar-refractivity contribution in [2.24, 2.45) is 0 Å². The monoisotopic (exact) mass is 424 g/mol. The van der Waals surface area contributed by atoms with Crippen molar-refractivity contribution in [3.05, 3.63) is 53.2 Å². The third-order valence-corrected chi connectivity index (χ3v) is 5.98. The van der Waals surface area contributed by atoms with Crippen molar-refractivity contribution in [3.63, 3.8) is 0 Å². The first-order valence-corrected chi connectivity index (χ1v) is 10.7. The molecule has 1 aliphatic rings. The Morgan fingerprint density at radius 2 is 2.00 bits per heavy atom. The molecule has 0 aliphatic carbocycles. The van der Waals surface area contributed by atoms with Crippen LogP contribution in [0.2, 0.25) is 0 Å². The van der Waals surface area contributed by atoms with Crippen LogP contribution in [0.4, 0.5) is 5.82 Å². The smallest absolute Gasteiger partial charge is 0.271 e. The first-order valence-electron chi connectivity index (χ1n) is 9.84. The maximum absolute atomic E-state index is 12.6. The van der Waals surface area contributed by atoms with E-state index in [0.29, 0.717) is 23.7 Å². The molecule has 30 heavy (non-hydrogen) atoms.